The number of hydrogen-bond donors (Lipinski definition) is 0. The van der Waals surface area contributed by atoms with Gasteiger partial charge in [-0.1, -0.05) is 12.1 Å². The molecule has 0 atom stereocenters. The summed E-state index contributed by atoms with van der Waals surface area (Å²) in [7, 11) is 0. The van der Waals surface area contributed by atoms with E-state index in [0.29, 0.717) is 49.2 Å². The first-order valence-electron chi connectivity index (χ1n) is 9.26. The number of oxazole rings is 1. The Morgan fingerprint density at radius 2 is 1.93 bits per heavy atom. The molecule has 4 rings (SSSR count). The van der Waals surface area contributed by atoms with Crippen LogP contribution in [0.4, 0.5) is 10.1 Å². The lowest BCUT2D eigenvalue weighted by Gasteiger charge is -2.36. The first-order valence-corrected chi connectivity index (χ1v) is 9.26. The number of hydrogen-bond acceptors (Lipinski definition) is 5. The second-order valence-corrected chi connectivity index (χ2v) is 6.76. The third kappa shape index (κ3) is 3.74. The van der Waals surface area contributed by atoms with E-state index in [1.165, 1.54) is 6.07 Å². The van der Waals surface area contributed by atoms with Crippen molar-refractivity contribution in [2.45, 2.75) is 13.3 Å². The highest BCUT2D eigenvalue weighted by molar-refractivity contribution is 5.79. The number of aryl methyl sites for hydroxylation is 1. The number of amides is 1. The maximum absolute atomic E-state index is 14.0. The van der Waals surface area contributed by atoms with Crippen molar-refractivity contribution in [1.82, 2.24) is 14.9 Å². The summed E-state index contributed by atoms with van der Waals surface area (Å²) in [5, 5.41) is 0. The number of nitrogens with zero attached hydrogens (tertiary/aromatic N) is 4. The number of aromatic nitrogens is 2. The number of anilines is 1. The van der Waals surface area contributed by atoms with Gasteiger partial charge in [0.15, 0.2) is 0 Å². The standard InChI is InChI=1S/C21H21FN4O2/c1-15-18(24-21(28-15)16-5-4-8-23-14-16)13-20(27)26-11-9-25(10-12-26)19-7-3-2-6-17(19)22/h2-8,14H,9-13H2,1H3. The Hall–Kier alpha value is -3.22. The van der Waals surface area contributed by atoms with Gasteiger partial charge in [0.05, 0.1) is 23.4 Å². The molecule has 0 saturated carbocycles. The summed E-state index contributed by atoms with van der Waals surface area (Å²) in [4.78, 5) is 25.0. The average Bonchev–Trinajstić information content (AvgIpc) is 3.09. The van der Waals surface area contributed by atoms with E-state index in [1.54, 1.807) is 29.4 Å². The fourth-order valence-corrected chi connectivity index (χ4v) is 3.36. The van der Waals surface area contributed by atoms with Gasteiger partial charge in [0.1, 0.15) is 11.6 Å². The van der Waals surface area contributed by atoms with Gasteiger partial charge >= 0.3 is 0 Å². The maximum Gasteiger partial charge on any atom is 0.228 e. The molecule has 7 heteroatoms. The smallest absolute Gasteiger partial charge is 0.228 e. The zero-order valence-corrected chi connectivity index (χ0v) is 15.6. The van der Waals surface area contributed by atoms with Crippen LogP contribution in [0.25, 0.3) is 11.5 Å². The molecule has 0 unspecified atom stereocenters. The van der Waals surface area contributed by atoms with Gasteiger partial charge in [-0.2, -0.15) is 0 Å². The van der Waals surface area contributed by atoms with E-state index in [0.717, 1.165) is 5.56 Å². The maximum atomic E-state index is 14.0. The van der Waals surface area contributed by atoms with Crippen LogP contribution in [0.5, 0.6) is 0 Å². The quantitative estimate of drug-likeness (QED) is 0.696. The van der Waals surface area contributed by atoms with Crippen LogP contribution in [0, 0.1) is 12.7 Å². The van der Waals surface area contributed by atoms with Gasteiger partial charge < -0.3 is 14.2 Å². The molecule has 1 aliphatic rings. The Morgan fingerprint density at radius 3 is 2.64 bits per heavy atom. The van der Waals surface area contributed by atoms with Crippen LogP contribution in [-0.4, -0.2) is 47.0 Å². The highest BCUT2D eigenvalue weighted by atomic mass is 19.1. The molecule has 2 aromatic heterocycles. The largest absolute Gasteiger partial charge is 0.441 e. The molecule has 1 aromatic carbocycles. The molecule has 3 heterocycles. The molecule has 0 bridgehead atoms. The van der Waals surface area contributed by atoms with Gasteiger partial charge in [-0.3, -0.25) is 9.78 Å². The van der Waals surface area contributed by atoms with E-state index in [4.69, 9.17) is 4.42 Å². The number of para-hydroxylation sites is 1. The van der Waals surface area contributed by atoms with Crippen molar-refractivity contribution >= 4 is 11.6 Å². The molecule has 28 heavy (non-hydrogen) atoms. The Labute approximate surface area is 162 Å². The van der Waals surface area contributed by atoms with Crippen molar-refractivity contribution in [3.8, 4) is 11.5 Å². The van der Waals surface area contributed by atoms with Crippen LogP contribution in [0.1, 0.15) is 11.5 Å². The Morgan fingerprint density at radius 1 is 1.14 bits per heavy atom. The highest BCUT2D eigenvalue weighted by Crippen LogP contribution is 2.23. The van der Waals surface area contributed by atoms with E-state index in [-0.39, 0.29) is 18.1 Å². The van der Waals surface area contributed by atoms with Gasteiger partial charge in [-0.15, -0.1) is 0 Å². The Balaban J connectivity index is 1.39. The third-order valence-electron chi connectivity index (χ3n) is 4.95. The number of halogens is 1. The molecule has 0 spiro atoms. The van der Waals surface area contributed by atoms with Gasteiger partial charge in [-0.05, 0) is 31.2 Å². The van der Waals surface area contributed by atoms with Crippen LogP contribution in [0.15, 0.2) is 53.2 Å². The minimum absolute atomic E-state index is 0.00215. The molecular formula is C21H21FN4O2. The summed E-state index contributed by atoms with van der Waals surface area (Å²) in [6.45, 7) is 4.13. The van der Waals surface area contributed by atoms with Gasteiger partial charge in [0.25, 0.3) is 0 Å². The first-order chi connectivity index (χ1) is 13.6. The van der Waals surface area contributed by atoms with Crippen molar-refractivity contribution in [3.63, 3.8) is 0 Å². The molecule has 1 fully saturated rings. The van der Waals surface area contributed by atoms with E-state index in [2.05, 4.69) is 9.97 Å². The average molecular weight is 380 g/mol. The predicted molar refractivity (Wildman–Crippen MR) is 103 cm³/mol. The van der Waals surface area contributed by atoms with E-state index in [1.807, 2.05) is 30.0 Å². The van der Waals surface area contributed by atoms with Crippen molar-refractivity contribution in [2.75, 3.05) is 31.1 Å². The van der Waals surface area contributed by atoms with Crippen molar-refractivity contribution in [1.29, 1.82) is 0 Å². The molecule has 0 aliphatic carbocycles. The molecule has 3 aromatic rings. The number of carbonyl (C=O) groups excluding carboxylic acids is 1. The molecular weight excluding hydrogens is 359 g/mol. The van der Waals surface area contributed by atoms with Gasteiger partial charge in [0, 0.05) is 38.6 Å². The molecule has 0 N–H and O–H groups in total. The SMILES string of the molecule is Cc1oc(-c2cccnc2)nc1CC(=O)N1CCN(c2ccccc2F)CC1. The van der Waals surface area contributed by atoms with E-state index < -0.39 is 0 Å². The third-order valence-corrected chi connectivity index (χ3v) is 4.95. The fourth-order valence-electron chi connectivity index (χ4n) is 3.36. The van der Waals surface area contributed by atoms with Gasteiger partial charge in [-0.25, -0.2) is 9.37 Å². The lowest BCUT2D eigenvalue weighted by Crippen LogP contribution is -2.49. The first kappa shape index (κ1) is 18.2. The molecule has 144 valence electrons. The summed E-state index contributed by atoms with van der Waals surface area (Å²) in [6.07, 6.45) is 3.55. The number of carbonyl (C=O) groups is 1. The summed E-state index contributed by atoms with van der Waals surface area (Å²) < 4.78 is 19.7. The van der Waals surface area contributed by atoms with E-state index in [9.17, 15) is 9.18 Å². The van der Waals surface area contributed by atoms with Crippen LogP contribution in [0.3, 0.4) is 0 Å². The predicted octanol–water partition coefficient (Wildman–Crippen LogP) is 3.08. The van der Waals surface area contributed by atoms with Gasteiger partial charge in [0.2, 0.25) is 11.8 Å². The lowest BCUT2D eigenvalue weighted by molar-refractivity contribution is -0.130. The number of pyridine rings is 1. The molecule has 1 amide bonds. The number of piperazine rings is 1. The fraction of sp³-hybridized carbons (Fsp3) is 0.286. The van der Waals surface area contributed by atoms with Crippen LogP contribution in [0.2, 0.25) is 0 Å². The summed E-state index contributed by atoms with van der Waals surface area (Å²) >= 11 is 0. The van der Waals surface area contributed by atoms with Crippen molar-refractivity contribution in [2.24, 2.45) is 0 Å². The zero-order chi connectivity index (χ0) is 19.5. The highest BCUT2D eigenvalue weighted by Gasteiger charge is 2.24. The minimum atomic E-state index is -0.233. The minimum Gasteiger partial charge on any atom is -0.441 e. The van der Waals surface area contributed by atoms with Crippen LogP contribution < -0.4 is 4.90 Å². The number of rotatable bonds is 4. The topological polar surface area (TPSA) is 62.5 Å². The molecule has 0 radical (unpaired) electrons. The Bertz CT molecular complexity index is 966. The summed E-state index contributed by atoms with van der Waals surface area (Å²) in [6, 6.07) is 10.4. The second kappa shape index (κ2) is 7.80. The van der Waals surface area contributed by atoms with Crippen LogP contribution in [-0.2, 0) is 11.2 Å². The summed E-state index contributed by atoms with van der Waals surface area (Å²) in [5.41, 5.74) is 2.01. The molecule has 1 saturated heterocycles. The van der Waals surface area contributed by atoms with Crippen molar-refractivity contribution in [3.05, 3.63) is 66.1 Å². The molecule has 1 aliphatic heterocycles. The van der Waals surface area contributed by atoms with Crippen LogP contribution >= 0.6 is 0 Å². The van der Waals surface area contributed by atoms with Crippen molar-refractivity contribution < 1.29 is 13.6 Å². The lowest BCUT2D eigenvalue weighted by atomic mass is 10.2. The van der Waals surface area contributed by atoms with E-state index >= 15 is 0 Å². The zero-order valence-electron chi connectivity index (χ0n) is 15.6. The second-order valence-electron chi connectivity index (χ2n) is 6.76. The molecule has 6 nitrogen and oxygen atoms in total. The monoisotopic (exact) mass is 380 g/mol. The Kier molecular flexibility index (Phi) is 5.06. The number of benzene rings is 1. The normalized spacial score (nSPS) is 14.4. The summed E-state index contributed by atoms with van der Waals surface area (Å²) in [5.74, 6) is 0.876.